The lowest BCUT2D eigenvalue weighted by Gasteiger charge is -2.13. The van der Waals surface area contributed by atoms with Crippen LogP contribution < -0.4 is 0 Å². The lowest BCUT2D eigenvalue weighted by atomic mass is 10.1. The van der Waals surface area contributed by atoms with E-state index in [0.29, 0.717) is 0 Å². The van der Waals surface area contributed by atoms with Crippen molar-refractivity contribution in [2.75, 3.05) is 25.1 Å². The third-order valence-electron chi connectivity index (χ3n) is 3.09. The smallest absolute Gasteiger partial charge is 0.324 e. The Kier molecular flexibility index (Phi) is 5.02. The number of carbonyl (C=O) groups is 2. The van der Waals surface area contributed by atoms with E-state index in [2.05, 4.69) is 4.18 Å². The molecule has 0 bridgehead atoms. The van der Waals surface area contributed by atoms with Gasteiger partial charge in [0, 0.05) is 6.54 Å². The van der Waals surface area contributed by atoms with Crippen LogP contribution in [0.1, 0.15) is 20.7 Å². The molecule has 1 aromatic rings. The first-order valence-corrected chi connectivity index (χ1v) is 9.85. The molecule has 2 amide bonds. The van der Waals surface area contributed by atoms with Gasteiger partial charge < -0.3 is 9.79 Å². The van der Waals surface area contributed by atoms with Gasteiger partial charge in [-0.1, -0.05) is 12.1 Å². The van der Waals surface area contributed by atoms with Crippen molar-refractivity contribution in [2.24, 2.45) is 0 Å². The summed E-state index contributed by atoms with van der Waals surface area (Å²) in [5, 5.41) is 0. The number of hydrogen-bond acceptors (Lipinski definition) is 6. The molecular weight excluding hydrogens is 349 g/mol. The molecule has 0 unspecified atom stereocenters. The summed E-state index contributed by atoms with van der Waals surface area (Å²) in [6.07, 6.45) is -0.737. The Hall–Kier alpha value is -1.58. The van der Waals surface area contributed by atoms with Crippen LogP contribution in [0.2, 0.25) is 0 Å². The van der Waals surface area contributed by atoms with Gasteiger partial charge in [0.1, 0.15) is 0 Å². The highest BCUT2D eigenvalue weighted by atomic mass is 32.2. The van der Waals surface area contributed by atoms with E-state index in [1.54, 1.807) is 12.1 Å². The van der Waals surface area contributed by atoms with Crippen LogP contribution in [-0.4, -0.2) is 60.0 Å². The van der Waals surface area contributed by atoms with E-state index in [4.69, 9.17) is 9.79 Å². The number of amides is 2. The second-order valence-corrected chi connectivity index (χ2v) is 8.32. The van der Waals surface area contributed by atoms with E-state index >= 15 is 0 Å². The van der Waals surface area contributed by atoms with Crippen molar-refractivity contribution >= 4 is 29.5 Å². The minimum Gasteiger partial charge on any atom is -0.324 e. The summed E-state index contributed by atoms with van der Waals surface area (Å²) in [7, 11) is -8.47. The Morgan fingerprint density at radius 1 is 1.09 bits per heavy atom. The van der Waals surface area contributed by atoms with E-state index in [1.807, 2.05) is 0 Å². The molecule has 1 aliphatic heterocycles. The maximum atomic E-state index is 12.0. The Morgan fingerprint density at radius 3 is 2.09 bits per heavy atom. The Morgan fingerprint density at radius 2 is 1.61 bits per heavy atom. The zero-order valence-electron chi connectivity index (χ0n) is 11.8. The third-order valence-corrected chi connectivity index (χ3v) is 5.06. The predicted molar refractivity (Wildman–Crippen MR) is 78.5 cm³/mol. The maximum Gasteiger partial charge on any atom is 0.327 e. The quantitative estimate of drug-likeness (QED) is 0.386. The summed E-state index contributed by atoms with van der Waals surface area (Å²) in [6, 6.07) is 6.13. The first-order valence-electron chi connectivity index (χ1n) is 6.48. The van der Waals surface area contributed by atoms with Gasteiger partial charge in [0.25, 0.3) is 21.9 Å². The largest absolute Gasteiger partial charge is 0.327 e. The topological polar surface area (TPSA) is 138 Å². The average molecular weight is 363 g/mol. The van der Waals surface area contributed by atoms with Crippen molar-refractivity contribution in [3.8, 4) is 0 Å². The minimum atomic E-state index is -4.36. The van der Waals surface area contributed by atoms with Crippen molar-refractivity contribution in [1.82, 2.24) is 4.90 Å². The molecule has 2 rings (SSSR count). The van der Waals surface area contributed by atoms with Crippen molar-refractivity contribution in [3.05, 3.63) is 35.4 Å². The maximum absolute atomic E-state index is 12.0. The van der Waals surface area contributed by atoms with Gasteiger partial charge in [-0.15, -0.1) is 0 Å². The predicted octanol–water partition coefficient (Wildman–Crippen LogP) is -0.193. The van der Waals surface area contributed by atoms with Gasteiger partial charge in [0.05, 0.1) is 29.6 Å². The Labute approximate surface area is 132 Å². The summed E-state index contributed by atoms with van der Waals surface area (Å²) in [5.74, 6) is -1.83. The first kappa shape index (κ1) is 17.8. The summed E-state index contributed by atoms with van der Waals surface area (Å²) >= 11 is 0. The molecule has 0 radical (unpaired) electrons. The van der Waals surface area contributed by atoms with E-state index < -0.39 is 54.6 Å². The Balaban J connectivity index is 1.95. The molecule has 23 heavy (non-hydrogen) atoms. The molecule has 1 aromatic carbocycles. The minimum absolute atomic E-state index is 0.206. The average Bonchev–Trinajstić information content (AvgIpc) is 2.68. The van der Waals surface area contributed by atoms with Crippen LogP contribution in [0.25, 0.3) is 0 Å². The molecule has 1 aliphatic rings. The number of carbonyl (C=O) groups excluding carboxylic acids is 2. The highest BCUT2D eigenvalue weighted by molar-refractivity contribution is 7.86. The lowest BCUT2D eigenvalue weighted by Crippen LogP contribution is -2.34. The van der Waals surface area contributed by atoms with Crippen LogP contribution in [-0.2, 0) is 18.9 Å². The van der Waals surface area contributed by atoms with E-state index in [0.717, 1.165) is 4.90 Å². The normalized spacial score (nSPS) is 15.1. The zero-order chi connectivity index (χ0) is 17.3. The van der Waals surface area contributed by atoms with Gasteiger partial charge in [0.15, 0.2) is 0 Å². The molecule has 9 nitrogen and oxygen atoms in total. The fraction of sp³-hybridized carbons (Fsp3) is 0.333. The number of fused-ring (bicyclic) bond motifs is 1. The van der Waals surface area contributed by atoms with Gasteiger partial charge in [-0.2, -0.15) is 8.42 Å². The molecule has 0 saturated heterocycles. The second-order valence-electron chi connectivity index (χ2n) is 4.78. The molecule has 2 N–H and O–H groups in total. The standard InChI is InChI=1S/C12H14NO8PS/c14-11-9-3-1-2-4-10(9)12(15)13(11)5-8-23(19,20)21-6-7-22(16,17)18/h1-4H,5-8H2,(H2,16,17,18). The lowest BCUT2D eigenvalue weighted by molar-refractivity contribution is 0.0663. The fourth-order valence-electron chi connectivity index (χ4n) is 1.99. The fourth-order valence-corrected chi connectivity index (χ4v) is 3.30. The number of benzene rings is 1. The molecule has 0 aliphatic carbocycles. The summed E-state index contributed by atoms with van der Waals surface area (Å²) < 4.78 is 38.3. The van der Waals surface area contributed by atoms with Crippen LogP contribution in [0.3, 0.4) is 0 Å². The SMILES string of the molecule is O=C1c2ccccc2C(=O)N1CCS(=O)(=O)OCCP(=O)(O)O. The van der Waals surface area contributed by atoms with E-state index in [9.17, 15) is 22.6 Å². The van der Waals surface area contributed by atoms with E-state index in [-0.39, 0.29) is 11.1 Å². The van der Waals surface area contributed by atoms with Gasteiger partial charge in [0.2, 0.25) is 0 Å². The molecular formula is C12H14NO8PS. The van der Waals surface area contributed by atoms with Crippen LogP contribution in [0.5, 0.6) is 0 Å². The van der Waals surface area contributed by atoms with Crippen LogP contribution >= 0.6 is 7.60 Å². The highest BCUT2D eigenvalue weighted by Crippen LogP contribution is 2.33. The highest BCUT2D eigenvalue weighted by Gasteiger charge is 2.35. The molecule has 11 heteroatoms. The molecule has 0 atom stereocenters. The number of imide groups is 1. The van der Waals surface area contributed by atoms with Crippen LogP contribution in [0, 0.1) is 0 Å². The molecule has 0 spiro atoms. The number of nitrogens with zero attached hydrogens (tertiary/aromatic N) is 1. The van der Waals surface area contributed by atoms with Crippen molar-refractivity contribution in [2.45, 2.75) is 0 Å². The van der Waals surface area contributed by atoms with Gasteiger partial charge in [-0.05, 0) is 12.1 Å². The summed E-state index contributed by atoms with van der Waals surface area (Å²) in [5.41, 5.74) is 0.412. The molecule has 1 heterocycles. The van der Waals surface area contributed by atoms with Crippen LogP contribution in [0.15, 0.2) is 24.3 Å². The zero-order valence-corrected chi connectivity index (χ0v) is 13.5. The monoisotopic (exact) mass is 363 g/mol. The van der Waals surface area contributed by atoms with Crippen LogP contribution in [0.4, 0.5) is 0 Å². The second kappa shape index (κ2) is 6.50. The van der Waals surface area contributed by atoms with Gasteiger partial charge >= 0.3 is 7.60 Å². The van der Waals surface area contributed by atoms with Gasteiger partial charge in [-0.3, -0.25) is 23.2 Å². The van der Waals surface area contributed by atoms with Gasteiger partial charge in [-0.25, -0.2) is 0 Å². The number of rotatable bonds is 7. The summed E-state index contributed by atoms with van der Waals surface area (Å²) in [6.45, 7) is -1.07. The molecule has 0 saturated carbocycles. The third kappa shape index (κ3) is 4.46. The molecule has 0 aromatic heterocycles. The van der Waals surface area contributed by atoms with E-state index in [1.165, 1.54) is 12.1 Å². The van der Waals surface area contributed by atoms with Crippen molar-refractivity contribution in [1.29, 1.82) is 0 Å². The molecule has 0 fully saturated rings. The molecule has 126 valence electrons. The summed E-state index contributed by atoms with van der Waals surface area (Å²) in [4.78, 5) is 42.1. The van der Waals surface area contributed by atoms with Crippen molar-refractivity contribution < 1.29 is 36.5 Å². The Bertz CT molecular complexity index is 749. The first-order chi connectivity index (χ1) is 10.6. The number of hydrogen-bond donors (Lipinski definition) is 2. The van der Waals surface area contributed by atoms with Crippen molar-refractivity contribution in [3.63, 3.8) is 0 Å².